The first-order chi connectivity index (χ1) is 29.2. The van der Waals surface area contributed by atoms with Crippen LogP contribution >= 0.6 is 0 Å². The van der Waals surface area contributed by atoms with Gasteiger partial charge in [0.15, 0.2) is 5.69 Å². The molecule has 0 aliphatic rings. The van der Waals surface area contributed by atoms with Crippen molar-refractivity contribution in [1.82, 2.24) is 9.13 Å². The number of aromatic nitrogens is 2. The van der Waals surface area contributed by atoms with Crippen LogP contribution in [0.25, 0.3) is 93.2 Å². The van der Waals surface area contributed by atoms with E-state index in [-0.39, 0.29) is 5.69 Å². The molecule has 0 aliphatic heterocycles. The number of hydrogen-bond donors (Lipinski definition) is 0. The van der Waals surface area contributed by atoms with Gasteiger partial charge in [0.2, 0.25) is 0 Å². The Morgan fingerprint density at radius 1 is 0.467 bits per heavy atom. The van der Waals surface area contributed by atoms with E-state index < -0.39 is 11.7 Å². The second kappa shape index (κ2) is 13.9. The number of para-hydroxylation sites is 3. The van der Waals surface area contributed by atoms with Crippen molar-refractivity contribution in [1.29, 1.82) is 10.5 Å². The molecule has 8 aromatic carbocycles. The van der Waals surface area contributed by atoms with Crippen LogP contribution in [0.5, 0.6) is 0 Å². The van der Waals surface area contributed by atoms with Gasteiger partial charge in [-0.25, -0.2) is 4.85 Å². The van der Waals surface area contributed by atoms with Crippen molar-refractivity contribution < 1.29 is 13.2 Å². The summed E-state index contributed by atoms with van der Waals surface area (Å²) in [7, 11) is 0. The van der Waals surface area contributed by atoms with E-state index in [4.69, 9.17) is 6.57 Å². The van der Waals surface area contributed by atoms with Gasteiger partial charge >= 0.3 is 6.18 Å². The molecule has 2 aromatic heterocycles. The van der Waals surface area contributed by atoms with Crippen LogP contribution in [0.1, 0.15) is 16.7 Å². The summed E-state index contributed by atoms with van der Waals surface area (Å²) in [6.45, 7) is 7.52. The summed E-state index contributed by atoms with van der Waals surface area (Å²) in [5.41, 5.74) is 8.06. The molecule has 5 nitrogen and oxygen atoms in total. The normalized spacial score (nSPS) is 11.5. The van der Waals surface area contributed by atoms with E-state index in [0.29, 0.717) is 44.7 Å². The summed E-state index contributed by atoms with van der Waals surface area (Å²) in [6, 6.07) is 55.6. The van der Waals surface area contributed by atoms with Crippen LogP contribution in [0.4, 0.5) is 18.9 Å². The maximum Gasteiger partial charge on any atom is 0.418 e. The molecule has 0 radical (unpaired) electrons. The molecule has 60 heavy (non-hydrogen) atoms. The molecule has 0 spiro atoms. The molecule has 0 saturated heterocycles. The zero-order valence-electron chi connectivity index (χ0n) is 31.5. The highest BCUT2D eigenvalue weighted by Crippen LogP contribution is 2.46. The van der Waals surface area contributed by atoms with Crippen molar-refractivity contribution in [2.45, 2.75) is 6.18 Å². The molecule has 0 atom stereocenters. The number of benzene rings is 8. The zero-order valence-corrected chi connectivity index (χ0v) is 31.5. The lowest BCUT2D eigenvalue weighted by Crippen LogP contribution is -2.12. The first-order valence-electron chi connectivity index (χ1n) is 19.1. The van der Waals surface area contributed by atoms with E-state index in [1.807, 2.05) is 115 Å². The van der Waals surface area contributed by atoms with Gasteiger partial charge < -0.3 is 9.13 Å². The highest BCUT2D eigenvalue weighted by atomic mass is 19.4. The van der Waals surface area contributed by atoms with Crippen molar-refractivity contribution in [2.75, 3.05) is 0 Å². The summed E-state index contributed by atoms with van der Waals surface area (Å²) >= 11 is 0. The molecule has 282 valence electrons. The summed E-state index contributed by atoms with van der Waals surface area (Å²) < 4.78 is 50.4. The van der Waals surface area contributed by atoms with Crippen LogP contribution in [-0.2, 0) is 6.18 Å². The van der Waals surface area contributed by atoms with Crippen molar-refractivity contribution in [3.8, 4) is 56.9 Å². The lowest BCUT2D eigenvalue weighted by molar-refractivity contribution is -0.137. The first-order valence-corrected chi connectivity index (χ1v) is 19.1. The molecule has 0 aliphatic carbocycles. The molecule has 0 unspecified atom stereocenters. The predicted octanol–water partition coefficient (Wildman–Crippen LogP) is 14.2. The summed E-state index contributed by atoms with van der Waals surface area (Å²) in [4.78, 5) is 3.59. The minimum atomic E-state index is -4.75. The molecule has 8 heteroatoms. The molecule has 2 heterocycles. The Kier molecular flexibility index (Phi) is 8.35. The van der Waals surface area contributed by atoms with Gasteiger partial charge in [-0.1, -0.05) is 91.0 Å². The largest absolute Gasteiger partial charge is 0.418 e. The Bertz CT molecular complexity index is 3530. The van der Waals surface area contributed by atoms with Crippen LogP contribution < -0.4 is 0 Å². The Hall–Kier alpha value is -8.38. The zero-order chi connectivity index (χ0) is 41.1. The van der Waals surface area contributed by atoms with Crippen molar-refractivity contribution in [3.05, 3.63) is 198 Å². The van der Waals surface area contributed by atoms with Crippen LogP contribution in [0.15, 0.2) is 170 Å². The van der Waals surface area contributed by atoms with Crippen LogP contribution in [0, 0.1) is 29.2 Å². The number of rotatable bonds is 5. The highest BCUT2D eigenvalue weighted by molar-refractivity contribution is 6.13. The van der Waals surface area contributed by atoms with Crippen LogP contribution in [0.3, 0.4) is 0 Å². The lowest BCUT2D eigenvalue weighted by Gasteiger charge is -2.22. The number of alkyl halides is 3. The topological polar surface area (TPSA) is 61.8 Å². The third-order valence-electron chi connectivity index (χ3n) is 11.2. The van der Waals surface area contributed by atoms with Crippen LogP contribution in [0.2, 0.25) is 0 Å². The summed E-state index contributed by atoms with van der Waals surface area (Å²) in [6.07, 6.45) is -4.75. The number of nitriles is 2. The first kappa shape index (κ1) is 36.0. The van der Waals surface area contributed by atoms with Crippen molar-refractivity contribution in [3.63, 3.8) is 0 Å². The molecule has 0 N–H and O–H groups in total. The summed E-state index contributed by atoms with van der Waals surface area (Å²) in [5, 5.41) is 23.2. The molecule has 10 rings (SSSR count). The van der Waals surface area contributed by atoms with Gasteiger partial charge in [0.05, 0.1) is 68.8 Å². The Morgan fingerprint density at radius 3 is 1.67 bits per heavy atom. The lowest BCUT2D eigenvalue weighted by atomic mass is 9.95. The Balaban J connectivity index is 1.27. The van der Waals surface area contributed by atoms with Gasteiger partial charge in [-0.05, 0) is 101 Å². The minimum absolute atomic E-state index is 0.0595. The van der Waals surface area contributed by atoms with Crippen LogP contribution in [-0.4, -0.2) is 9.13 Å². The monoisotopic (exact) mass is 779 g/mol. The average Bonchev–Trinajstić information content (AvgIpc) is 3.80. The fraction of sp³-hybridized carbons (Fsp3) is 0.0192. The minimum Gasteiger partial charge on any atom is -0.309 e. The molecule has 0 fully saturated rings. The van der Waals surface area contributed by atoms with Gasteiger partial charge in [-0.3, -0.25) is 0 Å². The molecule has 0 bridgehead atoms. The standard InChI is InChI=1S/C52H28F3N5/c1-58-38-12-7-11-35(27-38)37-21-24-50-44(29-37)40-14-3-5-18-47(40)60(50)51-41(15-8-16-45(51)52(53,54)55)42-26-33(31-57)19-22-48(42)59-46-17-4-2-13-39(46)43-28-36(20-23-49(43)59)34-10-6-9-32(25-34)30-56/h2-29H. The molecule has 10 aromatic rings. The van der Waals surface area contributed by atoms with E-state index in [2.05, 4.69) is 27.6 Å². The number of halogens is 3. The van der Waals surface area contributed by atoms with E-state index in [9.17, 15) is 10.5 Å². The number of hydrogen-bond acceptors (Lipinski definition) is 2. The third-order valence-corrected chi connectivity index (χ3v) is 11.2. The quantitative estimate of drug-likeness (QED) is 0.163. The van der Waals surface area contributed by atoms with E-state index in [1.54, 1.807) is 41.0 Å². The molecule has 0 saturated carbocycles. The fourth-order valence-corrected chi connectivity index (χ4v) is 8.58. The average molecular weight is 780 g/mol. The third kappa shape index (κ3) is 5.77. The Morgan fingerprint density at radius 2 is 1.02 bits per heavy atom. The maximum atomic E-state index is 15.5. The molecular formula is C52H28F3N5. The smallest absolute Gasteiger partial charge is 0.309 e. The van der Waals surface area contributed by atoms with Crippen molar-refractivity contribution >= 4 is 49.3 Å². The van der Waals surface area contributed by atoms with E-state index in [1.165, 1.54) is 6.07 Å². The van der Waals surface area contributed by atoms with Gasteiger partial charge in [0, 0.05) is 32.7 Å². The fourth-order valence-electron chi connectivity index (χ4n) is 8.58. The molecule has 0 amide bonds. The number of fused-ring (bicyclic) bond motifs is 6. The van der Waals surface area contributed by atoms with E-state index in [0.717, 1.165) is 60.9 Å². The predicted molar refractivity (Wildman–Crippen MR) is 232 cm³/mol. The second-order valence-corrected chi connectivity index (χ2v) is 14.6. The maximum absolute atomic E-state index is 15.5. The highest BCUT2D eigenvalue weighted by Gasteiger charge is 2.36. The van der Waals surface area contributed by atoms with Gasteiger partial charge in [0.25, 0.3) is 0 Å². The second-order valence-electron chi connectivity index (χ2n) is 14.6. The van der Waals surface area contributed by atoms with Gasteiger partial charge in [-0.15, -0.1) is 0 Å². The van der Waals surface area contributed by atoms with Crippen molar-refractivity contribution in [2.24, 2.45) is 0 Å². The Labute approximate surface area is 342 Å². The van der Waals surface area contributed by atoms with E-state index >= 15 is 13.2 Å². The van der Waals surface area contributed by atoms with Gasteiger partial charge in [0.1, 0.15) is 0 Å². The number of nitrogens with zero attached hydrogens (tertiary/aromatic N) is 5. The van der Waals surface area contributed by atoms with Gasteiger partial charge in [-0.2, -0.15) is 23.7 Å². The summed E-state index contributed by atoms with van der Waals surface area (Å²) in [5.74, 6) is 0. The SMILES string of the molecule is [C-]#[N+]c1cccc(-c2ccc3c(c2)c2ccccc2n3-c2c(-c3cc(C#N)ccc3-n3c4ccccc4c4cc(-c5cccc(C#N)c5)ccc43)cccc2C(F)(F)F)c1. The molecular weight excluding hydrogens is 752 g/mol.